The Hall–Kier alpha value is -0.520. The van der Waals surface area contributed by atoms with E-state index in [1.165, 1.54) is 25.7 Å². The topological polar surface area (TPSA) is 38.0 Å². The molecule has 84 valence electrons. The maximum Gasteiger partial charge on any atom is 0.0244 e. The molecule has 3 unspecified atom stereocenters. The van der Waals surface area contributed by atoms with Gasteiger partial charge in [-0.3, -0.25) is 11.3 Å². The van der Waals surface area contributed by atoms with Gasteiger partial charge in [-0.1, -0.05) is 12.8 Å². The molecule has 0 aromatic carbocycles. The molecule has 0 saturated heterocycles. The van der Waals surface area contributed by atoms with Crippen LogP contribution in [0.15, 0.2) is 0 Å². The molecule has 0 radical (unpaired) electrons. The molecule has 0 aromatic rings. The second kappa shape index (κ2) is 5.01. The van der Waals surface area contributed by atoms with Crippen LogP contribution in [0.2, 0.25) is 0 Å². The van der Waals surface area contributed by atoms with E-state index in [0.717, 1.165) is 37.0 Å². The van der Waals surface area contributed by atoms with Crippen molar-refractivity contribution in [3.63, 3.8) is 0 Å². The zero-order valence-corrected chi connectivity index (χ0v) is 9.41. The molecule has 2 heteroatoms. The lowest BCUT2D eigenvalue weighted by molar-refractivity contribution is 0.406. The van der Waals surface area contributed by atoms with Gasteiger partial charge in [0.15, 0.2) is 0 Å². The smallest absolute Gasteiger partial charge is 0.0244 e. The Morgan fingerprint density at radius 3 is 2.53 bits per heavy atom. The van der Waals surface area contributed by atoms with Gasteiger partial charge >= 0.3 is 0 Å². The van der Waals surface area contributed by atoms with Gasteiger partial charge in [-0.15, -0.1) is 12.3 Å². The lowest BCUT2D eigenvalue weighted by Crippen LogP contribution is -2.37. The molecule has 2 fully saturated rings. The van der Waals surface area contributed by atoms with Crippen LogP contribution >= 0.6 is 0 Å². The predicted molar refractivity (Wildman–Crippen MR) is 62.7 cm³/mol. The molecule has 2 nitrogen and oxygen atoms in total. The molecular formula is C13H22N2. The summed E-state index contributed by atoms with van der Waals surface area (Å²) < 4.78 is 0. The Bertz CT molecular complexity index is 231. The monoisotopic (exact) mass is 206 g/mol. The number of hydrogen-bond donors (Lipinski definition) is 2. The van der Waals surface area contributed by atoms with Crippen molar-refractivity contribution in [3.05, 3.63) is 0 Å². The third kappa shape index (κ3) is 2.35. The highest BCUT2D eigenvalue weighted by Crippen LogP contribution is 2.57. The van der Waals surface area contributed by atoms with Crippen molar-refractivity contribution in [1.29, 1.82) is 0 Å². The van der Waals surface area contributed by atoms with Crippen molar-refractivity contribution in [1.82, 2.24) is 5.43 Å². The molecule has 15 heavy (non-hydrogen) atoms. The van der Waals surface area contributed by atoms with Crippen molar-refractivity contribution >= 4 is 0 Å². The molecule has 0 heterocycles. The highest BCUT2D eigenvalue weighted by Gasteiger charge is 2.53. The molecular weight excluding hydrogens is 184 g/mol. The van der Waals surface area contributed by atoms with Gasteiger partial charge in [-0.2, -0.15) is 0 Å². The van der Waals surface area contributed by atoms with Gasteiger partial charge in [0.1, 0.15) is 0 Å². The number of hydrogen-bond acceptors (Lipinski definition) is 2. The summed E-state index contributed by atoms with van der Waals surface area (Å²) in [5.74, 6) is 11.2. The Balaban J connectivity index is 1.78. The first-order valence-electron chi connectivity index (χ1n) is 6.28. The van der Waals surface area contributed by atoms with Gasteiger partial charge in [-0.25, -0.2) is 0 Å². The van der Waals surface area contributed by atoms with E-state index >= 15 is 0 Å². The number of fused-ring (bicyclic) bond motifs is 1. The van der Waals surface area contributed by atoms with Crippen LogP contribution in [0.5, 0.6) is 0 Å². The lowest BCUT2D eigenvalue weighted by Gasteiger charge is -2.15. The summed E-state index contributed by atoms with van der Waals surface area (Å²) in [6, 6.07) is 0.520. The number of nitrogens with one attached hydrogen (secondary N) is 1. The second-order valence-corrected chi connectivity index (χ2v) is 5.06. The molecule has 0 amide bonds. The number of unbranched alkanes of at least 4 members (excludes halogenated alkanes) is 1. The molecule has 0 aliphatic heterocycles. The van der Waals surface area contributed by atoms with Gasteiger partial charge in [-0.05, 0) is 43.4 Å². The summed E-state index contributed by atoms with van der Waals surface area (Å²) in [6.45, 7) is 0. The molecule has 0 bridgehead atoms. The Morgan fingerprint density at radius 1 is 1.33 bits per heavy atom. The van der Waals surface area contributed by atoms with Crippen molar-refractivity contribution in [2.45, 2.75) is 51.0 Å². The fraction of sp³-hybridized carbons (Fsp3) is 0.846. The molecule has 3 N–H and O–H groups in total. The largest absolute Gasteiger partial charge is 0.271 e. The van der Waals surface area contributed by atoms with Crippen LogP contribution in [-0.2, 0) is 0 Å². The van der Waals surface area contributed by atoms with Gasteiger partial charge in [0.2, 0.25) is 0 Å². The van der Waals surface area contributed by atoms with Crippen LogP contribution in [0.3, 0.4) is 0 Å². The molecule has 0 aromatic heterocycles. The zero-order valence-electron chi connectivity index (χ0n) is 9.41. The minimum absolute atomic E-state index is 0.520. The molecule has 2 aliphatic carbocycles. The number of rotatable bonds is 5. The summed E-state index contributed by atoms with van der Waals surface area (Å²) in [5, 5.41) is 0. The fourth-order valence-corrected chi connectivity index (χ4v) is 3.46. The Morgan fingerprint density at radius 2 is 2.00 bits per heavy atom. The van der Waals surface area contributed by atoms with Crippen molar-refractivity contribution in [3.8, 4) is 12.3 Å². The van der Waals surface area contributed by atoms with E-state index in [0.29, 0.717) is 6.04 Å². The van der Waals surface area contributed by atoms with Crippen LogP contribution in [0.4, 0.5) is 0 Å². The summed E-state index contributed by atoms with van der Waals surface area (Å²) in [6.07, 6.45) is 14.1. The van der Waals surface area contributed by atoms with Crippen LogP contribution in [0, 0.1) is 30.1 Å². The predicted octanol–water partition coefficient (Wildman–Crippen LogP) is 2.06. The van der Waals surface area contributed by atoms with Gasteiger partial charge in [0, 0.05) is 12.5 Å². The average molecular weight is 206 g/mol. The highest BCUT2D eigenvalue weighted by atomic mass is 15.2. The normalized spacial score (nSPS) is 35.3. The van der Waals surface area contributed by atoms with E-state index in [9.17, 15) is 0 Å². The third-order valence-electron chi connectivity index (χ3n) is 4.24. The summed E-state index contributed by atoms with van der Waals surface area (Å²) >= 11 is 0. The highest BCUT2D eigenvalue weighted by molar-refractivity contribution is 5.04. The van der Waals surface area contributed by atoms with E-state index in [1.807, 2.05) is 0 Å². The van der Waals surface area contributed by atoms with E-state index in [2.05, 4.69) is 11.3 Å². The first-order valence-corrected chi connectivity index (χ1v) is 6.28. The Kier molecular flexibility index (Phi) is 3.66. The van der Waals surface area contributed by atoms with Gasteiger partial charge < -0.3 is 0 Å². The number of nitrogens with two attached hydrogens (primary N) is 1. The van der Waals surface area contributed by atoms with Gasteiger partial charge in [0.05, 0.1) is 0 Å². The van der Waals surface area contributed by atoms with Crippen molar-refractivity contribution in [2.24, 2.45) is 23.6 Å². The molecule has 2 rings (SSSR count). The first-order chi connectivity index (χ1) is 7.38. The minimum atomic E-state index is 0.520. The van der Waals surface area contributed by atoms with Gasteiger partial charge in [0.25, 0.3) is 0 Å². The van der Waals surface area contributed by atoms with Crippen molar-refractivity contribution in [2.75, 3.05) is 0 Å². The standard InChI is InChI=1S/C13H22N2/c1-2-3-4-9-12(15-14)13-10-7-5-6-8-11(10)13/h1,10-13,15H,3-9,14H2. The summed E-state index contributed by atoms with van der Waals surface area (Å²) in [5.41, 5.74) is 3.01. The molecule has 0 spiro atoms. The van der Waals surface area contributed by atoms with E-state index in [-0.39, 0.29) is 0 Å². The summed E-state index contributed by atoms with van der Waals surface area (Å²) in [4.78, 5) is 0. The van der Waals surface area contributed by atoms with E-state index < -0.39 is 0 Å². The summed E-state index contributed by atoms with van der Waals surface area (Å²) in [7, 11) is 0. The lowest BCUT2D eigenvalue weighted by atomic mass is 10.0. The number of hydrazine groups is 1. The number of terminal acetylenes is 1. The molecule has 3 atom stereocenters. The average Bonchev–Trinajstić information content (AvgIpc) is 2.99. The van der Waals surface area contributed by atoms with Crippen molar-refractivity contribution < 1.29 is 0 Å². The van der Waals surface area contributed by atoms with Crippen LogP contribution < -0.4 is 11.3 Å². The van der Waals surface area contributed by atoms with Crippen LogP contribution in [0.25, 0.3) is 0 Å². The van der Waals surface area contributed by atoms with E-state index in [1.54, 1.807) is 0 Å². The maximum absolute atomic E-state index is 5.65. The first kappa shape index (κ1) is 11.0. The van der Waals surface area contributed by atoms with Crippen LogP contribution in [0.1, 0.15) is 44.9 Å². The molecule has 2 saturated carbocycles. The maximum atomic E-state index is 5.65. The SMILES string of the molecule is C#CCCCC(NN)C1C2CCCCC21. The Labute approximate surface area is 93.0 Å². The molecule has 2 aliphatic rings. The fourth-order valence-electron chi connectivity index (χ4n) is 3.46. The van der Waals surface area contributed by atoms with Crippen LogP contribution in [-0.4, -0.2) is 6.04 Å². The van der Waals surface area contributed by atoms with E-state index in [4.69, 9.17) is 12.3 Å². The zero-order chi connectivity index (χ0) is 10.7. The minimum Gasteiger partial charge on any atom is -0.271 e. The third-order valence-corrected chi connectivity index (χ3v) is 4.24. The quantitative estimate of drug-likeness (QED) is 0.313. The second-order valence-electron chi connectivity index (χ2n) is 5.06.